The Labute approximate surface area is 128 Å². The van der Waals surface area contributed by atoms with E-state index in [1.54, 1.807) is 6.07 Å². The minimum Gasteiger partial charge on any atom is -0.491 e. The van der Waals surface area contributed by atoms with Gasteiger partial charge in [-0.1, -0.05) is 15.9 Å². The van der Waals surface area contributed by atoms with Crippen LogP contribution in [0, 0.1) is 6.92 Å². The number of rotatable bonds is 5. The molecule has 1 aromatic rings. The van der Waals surface area contributed by atoms with Crippen LogP contribution in [0.3, 0.4) is 0 Å². The van der Waals surface area contributed by atoms with Crippen molar-refractivity contribution in [2.24, 2.45) is 0 Å². The van der Waals surface area contributed by atoms with Crippen LogP contribution in [0.25, 0.3) is 0 Å². The Morgan fingerprint density at radius 3 is 2.65 bits per heavy atom. The molecule has 1 aromatic carbocycles. The van der Waals surface area contributed by atoms with Crippen molar-refractivity contribution in [2.75, 3.05) is 46.4 Å². The third kappa shape index (κ3) is 4.04. The monoisotopic (exact) mass is 340 g/mol. The van der Waals surface area contributed by atoms with Gasteiger partial charge in [0.15, 0.2) is 6.29 Å². The molecule has 0 N–H and O–H groups in total. The van der Waals surface area contributed by atoms with Crippen molar-refractivity contribution in [3.63, 3.8) is 0 Å². The Hall–Kier alpha value is -0.910. The fourth-order valence-corrected chi connectivity index (χ4v) is 2.98. The number of hydrogen-bond donors (Lipinski definition) is 0. The van der Waals surface area contributed by atoms with Crippen LogP contribution in [0.2, 0.25) is 0 Å². The molecule has 110 valence electrons. The van der Waals surface area contributed by atoms with Crippen molar-refractivity contribution in [3.8, 4) is 5.75 Å². The van der Waals surface area contributed by atoms with Crippen LogP contribution in [0.1, 0.15) is 15.9 Å². The molecule has 5 heteroatoms. The Balaban J connectivity index is 1.89. The van der Waals surface area contributed by atoms with E-state index in [0.717, 1.165) is 49.0 Å². The number of likely N-dealkylation sites (N-methyl/N-ethyl adjacent to an activating group) is 1. The summed E-state index contributed by atoms with van der Waals surface area (Å²) >= 11 is 3.40. The van der Waals surface area contributed by atoms with Crippen molar-refractivity contribution in [1.82, 2.24) is 9.80 Å². The van der Waals surface area contributed by atoms with Gasteiger partial charge in [0.25, 0.3) is 0 Å². The average molecular weight is 341 g/mol. The number of hydrogen-bond acceptors (Lipinski definition) is 4. The first-order valence-electron chi connectivity index (χ1n) is 6.89. The topological polar surface area (TPSA) is 32.8 Å². The molecule has 1 aliphatic heterocycles. The zero-order chi connectivity index (χ0) is 14.5. The lowest BCUT2D eigenvalue weighted by Crippen LogP contribution is -2.45. The molecule has 0 atom stereocenters. The molecule has 0 unspecified atom stereocenters. The van der Waals surface area contributed by atoms with E-state index in [2.05, 4.69) is 32.8 Å². The lowest BCUT2D eigenvalue weighted by atomic mass is 10.1. The fourth-order valence-electron chi connectivity index (χ4n) is 2.39. The third-order valence-electron chi connectivity index (χ3n) is 3.64. The van der Waals surface area contributed by atoms with Crippen LogP contribution >= 0.6 is 15.9 Å². The summed E-state index contributed by atoms with van der Waals surface area (Å²) < 4.78 is 6.74. The number of ether oxygens (including phenoxy) is 1. The largest absolute Gasteiger partial charge is 0.491 e. The van der Waals surface area contributed by atoms with Crippen LogP contribution in [0.5, 0.6) is 5.75 Å². The highest BCUT2D eigenvalue weighted by Crippen LogP contribution is 2.26. The first-order valence-corrected chi connectivity index (χ1v) is 7.68. The lowest BCUT2D eigenvalue weighted by molar-refractivity contribution is 0.111. The summed E-state index contributed by atoms with van der Waals surface area (Å²) in [7, 11) is 2.15. The number of halogens is 1. The predicted octanol–water partition coefficient (Wildman–Crippen LogP) is 2.20. The molecule has 0 aromatic heterocycles. The smallest absolute Gasteiger partial charge is 0.153 e. The van der Waals surface area contributed by atoms with Gasteiger partial charge in [0.1, 0.15) is 12.4 Å². The number of benzene rings is 1. The van der Waals surface area contributed by atoms with Crippen molar-refractivity contribution < 1.29 is 9.53 Å². The SMILES string of the molecule is Cc1cc(Br)cc(C=O)c1OCCN1CCN(C)CC1. The van der Waals surface area contributed by atoms with Gasteiger partial charge in [-0.15, -0.1) is 0 Å². The van der Waals surface area contributed by atoms with Gasteiger partial charge in [0, 0.05) is 37.2 Å². The van der Waals surface area contributed by atoms with Gasteiger partial charge in [-0.05, 0) is 31.7 Å². The average Bonchev–Trinajstić information content (AvgIpc) is 2.42. The van der Waals surface area contributed by atoms with E-state index in [1.165, 1.54) is 0 Å². The molecule has 1 saturated heterocycles. The van der Waals surface area contributed by atoms with Gasteiger partial charge in [-0.2, -0.15) is 0 Å². The van der Waals surface area contributed by atoms with Crippen molar-refractivity contribution in [2.45, 2.75) is 6.92 Å². The number of nitrogens with zero attached hydrogens (tertiary/aromatic N) is 2. The number of aryl methyl sites for hydroxylation is 1. The molecule has 0 aliphatic carbocycles. The van der Waals surface area contributed by atoms with E-state index >= 15 is 0 Å². The fraction of sp³-hybridized carbons (Fsp3) is 0.533. The summed E-state index contributed by atoms with van der Waals surface area (Å²) in [5.74, 6) is 0.706. The second kappa shape index (κ2) is 7.20. The highest BCUT2D eigenvalue weighted by molar-refractivity contribution is 9.10. The summed E-state index contributed by atoms with van der Waals surface area (Å²) in [6.45, 7) is 7.87. The van der Waals surface area contributed by atoms with Gasteiger partial charge in [0.05, 0.1) is 5.56 Å². The molecule has 0 radical (unpaired) electrons. The van der Waals surface area contributed by atoms with Crippen LogP contribution < -0.4 is 4.74 Å². The van der Waals surface area contributed by atoms with Crippen molar-refractivity contribution >= 4 is 22.2 Å². The summed E-state index contributed by atoms with van der Waals surface area (Å²) in [6, 6.07) is 3.77. The quantitative estimate of drug-likeness (QED) is 0.769. The normalized spacial score (nSPS) is 17.1. The second-order valence-electron chi connectivity index (χ2n) is 5.25. The standard InChI is InChI=1S/C15H21BrN2O2/c1-12-9-14(16)10-13(11-19)15(12)20-8-7-18-5-3-17(2)4-6-18/h9-11H,3-8H2,1-2H3. The van der Waals surface area contributed by atoms with Gasteiger partial charge in [0.2, 0.25) is 0 Å². The molecule has 1 aliphatic rings. The zero-order valence-corrected chi connectivity index (χ0v) is 13.6. The second-order valence-corrected chi connectivity index (χ2v) is 6.17. The van der Waals surface area contributed by atoms with Gasteiger partial charge < -0.3 is 9.64 Å². The molecule has 0 bridgehead atoms. The Morgan fingerprint density at radius 1 is 1.30 bits per heavy atom. The highest BCUT2D eigenvalue weighted by Gasteiger charge is 2.14. The number of aldehydes is 1. The van der Waals surface area contributed by atoms with E-state index < -0.39 is 0 Å². The number of piperazine rings is 1. The minimum absolute atomic E-state index is 0.607. The van der Waals surface area contributed by atoms with Crippen molar-refractivity contribution in [1.29, 1.82) is 0 Å². The van der Waals surface area contributed by atoms with Gasteiger partial charge in [-0.25, -0.2) is 0 Å². The highest BCUT2D eigenvalue weighted by atomic mass is 79.9. The molecule has 20 heavy (non-hydrogen) atoms. The molecule has 0 saturated carbocycles. The lowest BCUT2D eigenvalue weighted by Gasteiger charge is -2.32. The van der Waals surface area contributed by atoms with Crippen LogP contribution in [-0.4, -0.2) is 62.5 Å². The van der Waals surface area contributed by atoms with E-state index in [4.69, 9.17) is 4.74 Å². The van der Waals surface area contributed by atoms with E-state index in [1.807, 2.05) is 13.0 Å². The van der Waals surface area contributed by atoms with Crippen LogP contribution in [-0.2, 0) is 0 Å². The zero-order valence-electron chi connectivity index (χ0n) is 12.1. The van der Waals surface area contributed by atoms with Crippen LogP contribution in [0.4, 0.5) is 0 Å². The molecule has 0 amide bonds. The van der Waals surface area contributed by atoms with Crippen LogP contribution in [0.15, 0.2) is 16.6 Å². The summed E-state index contributed by atoms with van der Waals surface area (Å²) in [6.07, 6.45) is 0.850. The maximum absolute atomic E-state index is 11.1. The summed E-state index contributed by atoms with van der Waals surface area (Å²) in [4.78, 5) is 15.8. The summed E-state index contributed by atoms with van der Waals surface area (Å²) in [5, 5.41) is 0. The first kappa shape index (κ1) is 15.5. The molecular formula is C15H21BrN2O2. The Bertz CT molecular complexity index is 471. The third-order valence-corrected chi connectivity index (χ3v) is 4.10. The van der Waals surface area contributed by atoms with Gasteiger partial charge >= 0.3 is 0 Å². The van der Waals surface area contributed by atoms with Crippen molar-refractivity contribution in [3.05, 3.63) is 27.7 Å². The molecular weight excluding hydrogens is 320 g/mol. The minimum atomic E-state index is 0.607. The Morgan fingerprint density at radius 2 is 2.00 bits per heavy atom. The molecule has 1 heterocycles. The summed E-state index contributed by atoms with van der Waals surface area (Å²) in [5.41, 5.74) is 1.59. The number of carbonyl (C=O) groups is 1. The molecule has 0 spiro atoms. The Kier molecular flexibility index (Phi) is 5.57. The maximum atomic E-state index is 11.1. The maximum Gasteiger partial charge on any atom is 0.153 e. The van der Waals surface area contributed by atoms with E-state index in [0.29, 0.717) is 17.9 Å². The molecule has 1 fully saturated rings. The predicted molar refractivity (Wildman–Crippen MR) is 83.7 cm³/mol. The van der Waals surface area contributed by atoms with E-state index in [9.17, 15) is 4.79 Å². The number of carbonyl (C=O) groups excluding carboxylic acids is 1. The molecule has 4 nitrogen and oxygen atoms in total. The van der Waals surface area contributed by atoms with E-state index in [-0.39, 0.29) is 0 Å². The van der Waals surface area contributed by atoms with Gasteiger partial charge in [-0.3, -0.25) is 9.69 Å². The molecule has 2 rings (SSSR count). The first-order chi connectivity index (χ1) is 9.60.